The SMILES string of the molecule is Cc1ccccc1CCC(=O)NC(CN)c1ccccc1. The van der Waals surface area contributed by atoms with Crippen LogP contribution in [0, 0.1) is 6.92 Å². The molecule has 0 saturated carbocycles. The van der Waals surface area contributed by atoms with Crippen LogP contribution in [-0.4, -0.2) is 12.5 Å². The molecule has 1 amide bonds. The molecule has 0 saturated heterocycles. The first-order valence-corrected chi connectivity index (χ1v) is 7.29. The van der Waals surface area contributed by atoms with E-state index in [1.807, 2.05) is 42.5 Å². The van der Waals surface area contributed by atoms with Gasteiger partial charge in [0.2, 0.25) is 5.91 Å². The summed E-state index contributed by atoms with van der Waals surface area (Å²) in [6, 6.07) is 17.9. The largest absolute Gasteiger partial charge is 0.348 e. The number of hydrogen-bond acceptors (Lipinski definition) is 2. The minimum absolute atomic E-state index is 0.0394. The van der Waals surface area contributed by atoms with E-state index in [0.717, 1.165) is 12.0 Å². The molecule has 2 rings (SSSR count). The minimum Gasteiger partial charge on any atom is -0.348 e. The molecule has 2 aromatic carbocycles. The number of carbonyl (C=O) groups is 1. The fourth-order valence-electron chi connectivity index (χ4n) is 2.37. The summed E-state index contributed by atoms with van der Waals surface area (Å²) in [5, 5.41) is 3.01. The molecule has 0 bridgehead atoms. The maximum absolute atomic E-state index is 12.1. The van der Waals surface area contributed by atoms with Gasteiger partial charge in [-0.15, -0.1) is 0 Å². The zero-order valence-electron chi connectivity index (χ0n) is 12.4. The van der Waals surface area contributed by atoms with E-state index in [1.54, 1.807) is 0 Å². The molecule has 0 heterocycles. The Labute approximate surface area is 126 Å². The standard InChI is InChI=1S/C18H22N2O/c1-14-7-5-6-8-15(14)11-12-18(21)20-17(13-19)16-9-3-2-4-10-16/h2-10,17H,11-13,19H2,1H3,(H,20,21). The normalized spacial score (nSPS) is 11.9. The van der Waals surface area contributed by atoms with Crippen molar-refractivity contribution >= 4 is 5.91 Å². The molecule has 0 aliphatic carbocycles. The van der Waals surface area contributed by atoms with Crippen LogP contribution in [0.3, 0.4) is 0 Å². The second-order valence-electron chi connectivity index (χ2n) is 5.19. The van der Waals surface area contributed by atoms with Gasteiger partial charge in [-0.05, 0) is 30.0 Å². The summed E-state index contributed by atoms with van der Waals surface area (Å²) in [7, 11) is 0. The van der Waals surface area contributed by atoms with Crippen molar-refractivity contribution in [2.75, 3.05) is 6.54 Å². The van der Waals surface area contributed by atoms with Gasteiger partial charge in [0.15, 0.2) is 0 Å². The third kappa shape index (κ3) is 4.43. The zero-order chi connectivity index (χ0) is 15.1. The topological polar surface area (TPSA) is 55.1 Å². The molecule has 21 heavy (non-hydrogen) atoms. The number of amides is 1. The number of nitrogens with one attached hydrogen (secondary N) is 1. The van der Waals surface area contributed by atoms with Crippen LogP contribution in [0.2, 0.25) is 0 Å². The van der Waals surface area contributed by atoms with E-state index in [-0.39, 0.29) is 11.9 Å². The van der Waals surface area contributed by atoms with Crippen LogP contribution < -0.4 is 11.1 Å². The van der Waals surface area contributed by atoms with Crippen molar-refractivity contribution in [1.29, 1.82) is 0 Å². The van der Waals surface area contributed by atoms with Crippen LogP contribution in [0.4, 0.5) is 0 Å². The van der Waals surface area contributed by atoms with E-state index >= 15 is 0 Å². The minimum atomic E-state index is -0.115. The molecule has 1 atom stereocenters. The Morgan fingerprint density at radius 1 is 1.10 bits per heavy atom. The molecule has 0 aliphatic heterocycles. The van der Waals surface area contributed by atoms with Gasteiger partial charge in [0.05, 0.1) is 6.04 Å². The van der Waals surface area contributed by atoms with Crippen molar-refractivity contribution in [3.05, 3.63) is 71.3 Å². The summed E-state index contributed by atoms with van der Waals surface area (Å²) in [6.07, 6.45) is 1.23. The monoisotopic (exact) mass is 282 g/mol. The quantitative estimate of drug-likeness (QED) is 0.856. The predicted octanol–water partition coefficient (Wildman–Crippen LogP) is 2.74. The van der Waals surface area contributed by atoms with E-state index < -0.39 is 0 Å². The average Bonchev–Trinajstić information content (AvgIpc) is 2.52. The molecule has 3 nitrogen and oxygen atoms in total. The molecule has 110 valence electrons. The summed E-state index contributed by atoms with van der Waals surface area (Å²) in [6.45, 7) is 2.47. The lowest BCUT2D eigenvalue weighted by atomic mass is 10.0. The first-order chi connectivity index (χ1) is 10.2. The summed E-state index contributed by atoms with van der Waals surface area (Å²) in [4.78, 5) is 12.1. The molecule has 2 aromatic rings. The highest BCUT2D eigenvalue weighted by Gasteiger charge is 2.12. The van der Waals surface area contributed by atoms with Crippen LogP contribution in [0.25, 0.3) is 0 Å². The third-order valence-corrected chi connectivity index (χ3v) is 3.66. The van der Waals surface area contributed by atoms with Crippen molar-refractivity contribution in [3.8, 4) is 0 Å². The van der Waals surface area contributed by atoms with Gasteiger partial charge in [0.25, 0.3) is 0 Å². The van der Waals surface area contributed by atoms with Crippen molar-refractivity contribution in [1.82, 2.24) is 5.32 Å². The van der Waals surface area contributed by atoms with Gasteiger partial charge in [-0.1, -0.05) is 54.6 Å². The molecule has 3 heteroatoms. The van der Waals surface area contributed by atoms with Gasteiger partial charge < -0.3 is 11.1 Å². The molecule has 0 fully saturated rings. The first-order valence-electron chi connectivity index (χ1n) is 7.29. The van der Waals surface area contributed by atoms with Crippen molar-refractivity contribution < 1.29 is 4.79 Å². The van der Waals surface area contributed by atoms with Crippen LogP contribution >= 0.6 is 0 Å². The van der Waals surface area contributed by atoms with Crippen molar-refractivity contribution in [2.45, 2.75) is 25.8 Å². The highest BCUT2D eigenvalue weighted by Crippen LogP contribution is 2.13. The Bertz CT molecular complexity index is 581. The molecular weight excluding hydrogens is 260 g/mol. The molecule has 0 aliphatic rings. The Hall–Kier alpha value is -2.13. The summed E-state index contributed by atoms with van der Waals surface area (Å²) < 4.78 is 0. The number of aryl methyl sites for hydroxylation is 2. The molecule has 0 spiro atoms. The lowest BCUT2D eigenvalue weighted by molar-refractivity contribution is -0.121. The fraction of sp³-hybridized carbons (Fsp3) is 0.278. The van der Waals surface area contributed by atoms with Crippen LogP contribution in [0.5, 0.6) is 0 Å². The number of nitrogens with two attached hydrogens (primary N) is 1. The summed E-state index contributed by atoms with van der Waals surface area (Å²) in [5.41, 5.74) is 9.26. The second-order valence-corrected chi connectivity index (χ2v) is 5.19. The smallest absolute Gasteiger partial charge is 0.220 e. The first kappa shape index (κ1) is 15.3. The fourth-order valence-corrected chi connectivity index (χ4v) is 2.37. The Morgan fingerprint density at radius 2 is 1.76 bits per heavy atom. The lowest BCUT2D eigenvalue weighted by Gasteiger charge is -2.17. The third-order valence-electron chi connectivity index (χ3n) is 3.66. The van der Waals surface area contributed by atoms with E-state index in [2.05, 4.69) is 24.4 Å². The number of hydrogen-bond donors (Lipinski definition) is 2. The van der Waals surface area contributed by atoms with Crippen molar-refractivity contribution in [3.63, 3.8) is 0 Å². The van der Waals surface area contributed by atoms with Gasteiger partial charge in [-0.2, -0.15) is 0 Å². The number of rotatable bonds is 6. The van der Waals surface area contributed by atoms with Crippen LogP contribution in [0.15, 0.2) is 54.6 Å². The van der Waals surface area contributed by atoms with E-state index in [0.29, 0.717) is 13.0 Å². The van der Waals surface area contributed by atoms with E-state index in [9.17, 15) is 4.79 Å². The predicted molar refractivity (Wildman–Crippen MR) is 85.9 cm³/mol. The van der Waals surface area contributed by atoms with Gasteiger partial charge >= 0.3 is 0 Å². The molecule has 0 aromatic heterocycles. The van der Waals surface area contributed by atoms with Crippen LogP contribution in [0.1, 0.15) is 29.2 Å². The Balaban J connectivity index is 1.90. The molecule has 3 N–H and O–H groups in total. The lowest BCUT2D eigenvalue weighted by Crippen LogP contribution is -2.33. The molecule has 0 radical (unpaired) electrons. The zero-order valence-corrected chi connectivity index (χ0v) is 12.4. The summed E-state index contributed by atoms with van der Waals surface area (Å²) in [5.74, 6) is 0.0394. The highest BCUT2D eigenvalue weighted by atomic mass is 16.1. The molecular formula is C18H22N2O. The van der Waals surface area contributed by atoms with Gasteiger partial charge in [-0.3, -0.25) is 4.79 Å². The highest BCUT2D eigenvalue weighted by molar-refractivity contribution is 5.76. The van der Waals surface area contributed by atoms with Crippen LogP contribution in [-0.2, 0) is 11.2 Å². The Kier molecular flexibility index (Phi) is 5.52. The second kappa shape index (κ2) is 7.60. The average molecular weight is 282 g/mol. The van der Waals surface area contributed by atoms with Gasteiger partial charge in [0, 0.05) is 13.0 Å². The Morgan fingerprint density at radius 3 is 2.43 bits per heavy atom. The maximum Gasteiger partial charge on any atom is 0.220 e. The van der Waals surface area contributed by atoms with E-state index in [1.165, 1.54) is 11.1 Å². The number of carbonyl (C=O) groups excluding carboxylic acids is 1. The summed E-state index contributed by atoms with van der Waals surface area (Å²) >= 11 is 0. The van der Waals surface area contributed by atoms with E-state index in [4.69, 9.17) is 5.73 Å². The van der Waals surface area contributed by atoms with Crippen molar-refractivity contribution in [2.24, 2.45) is 5.73 Å². The maximum atomic E-state index is 12.1. The molecule has 1 unspecified atom stereocenters. The van der Waals surface area contributed by atoms with Gasteiger partial charge in [0.1, 0.15) is 0 Å². The number of benzene rings is 2. The van der Waals surface area contributed by atoms with Gasteiger partial charge in [-0.25, -0.2) is 0 Å².